The van der Waals surface area contributed by atoms with Crippen molar-refractivity contribution in [1.82, 2.24) is 20.4 Å². The van der Waals surface area contributed by atoms with Crippen LogP contribution in [0.25, 0.3) is 0 Å². The van der Waals surface area contributed by atoms with Gasteiger partial charge in [0.1, 0.15) is 0 Å². The second-order valence-electron chi connectivity index (χ2n) is 6.41. The summed E-state index contributed by atoms with van der Waals surface area (Å²) in [5.74, 6) is 0.813. The fraction of sp³-hybridized carbons (Fsp3) is 0.500. The van der Waals surface area contributed by atoms with Gasteiger partial charge >= 0.3 is 0 Å². The maximum atomic E-state index is 4.63. The fourth-order valence-electron chi connectivity index (χ4n) is 3.21. The number of nitrogens with one attached hydrogen (secondary N) is 2. The average Bonchev–Trinajstić information content (AvgIpc) is 2.91. The molecular weight excluding hydrogens is 310 g/mol. The molecule has 5 heteroatoms. The molecule has 136 valence electrons. The van der Waals surface area contributed by atoms with Crippen LogP contribution in [0.4, 0.5) is 0 Å². The van der Waals surface area contributed by atoms with Gasteiger partial charge in [0.25, 0.3) is 0 Å². The van der Waals surface area contributed by atoms with E-state index in [0.717, 1.165) is 37.6 Å². The van der Waals surface area contributed by atoms with E-state index in [4.69, 9.17) is 0 Å². The minimum atomic E-state index is 0.743. The number of hydrogen-bond donors (Lipinski definition) is 2. The molecule has 0 radical (unpaired) electrons. The predicted molar refractivity (Wildman–Crippen MR) is 105 cm³/mol. The highest BCUT2D eigenvalue weighted by Gasteiger charge is 2.13. The Labute approximate surface area is 151 Å². The third-order valence-electron chi connectivity index (χ3n) is 4.63. The predicted octanol–water partition coefficient (Wildman–Crippen LogP) is 3.03. The van der Waals surface area contributed by atoms with Gasteiger partial charge in [0.15, 0.2) is 5.96 Å². The Morgan fingerprint density at radius 3 is 2.44 bits per heavy atom. The van der Waals surface area contributed by atoms with Crippen molar-refractivity contribution in [3.05, 3.63) is 51.8 Å². The van der Waals surface area contributed by atoms with Crippen LogP contribution >= 0.6 is 0 Å². The molecule has 0 aliphatic rings. The lowest BCUT2D eigenvalue weighted by Crippen LogP contribution is -2.36. The Bertz CT molecular complexity index is 743. The van der Waals surface area contributed by atoms with E-state index >= 15 is 0 Å². The van der Waals surface area contributed by atoms with Crippen LogP contribution in [0.1, 0.15) is 47.5 Å². The summed E-state index contributed by atoms with van der Waals surface area (Å²) in [4.78, 5) is 4.35. The zero-order valence-electron chi connectivity index (χ0n) is 16.4. The van der Waals surface area contributed by atoms with E-state index in [1.54, 1.807) is 0 Å². The van der Waals surface area contributed by atoms with Crippen molar-refractivity contribution in [1.29, 1.82) is 0 Å². The highest BCUT2D eigenvalue weighted by atomic mass is 15.3. The van der Waals surface area contributed by atoms with Gasteiger partial charge in [-0.3, -0.25) is 9.67 Å². The molecule has 0 bridgehead atoms. The van der Waals surface area contributed by atoms with Crippen LogP contribution in [0.15, 0.2) is 23.2 Å². The largest absolute Gasteiger partial charge is 0.352 e. The van der Waals surface area contributed by atoms with E-state index in [0.29, 0.717) is 0 Å². The summed E-state index contributed by atoms with van der Waals surface area (Å²) >= 11 is 0. The van der Waals surface area contributed by atoms with Crippen LogP contribution < -0.4 is 10.6 Å². The minimum Gasteiger partial charge on any atom is -0.352 e. The van der Waals surface area contributed by atoms with Crippen molar-refractivity contribution < 1.29 is 0 Å². The maximum absolute atomic E-state index is 4.63. The summed E-state index contributed by atoms with van der Waals surface area (Å²) in [6, 6.07) is 6.54. The van der Waals surface area contributed by atoms with Gasteiger partial charge in [-0.05, 0) is 37.8 Å². The molecule has 0 atom stereocenters. The van der Waals surface area contributed by atoms with Gasteiger partial charge in [0.2, 0.25) is 0 Å². The molecule has 0 fully saturated rings. The molecule has 0 saturated carbocycles. The second-order valence-corrected chi connectivity index (χ2v) is 6.41. The highest BCUT2D eigenvalue weighted by Crippen LogP contribution is 2.15. The molecule has 2 rings (SSSR count). The summed E-state index contributed by atoms with van der Waals surface area (Å²) in [7, 11) is 3.83. The third-order valence-corrected chi connectivity index (χ3v) is 4.63. The number of guanidine groups is 1. The smallest absolute Gasteiger partial charge is 0.191 e. The lowest BCUT2D eigenvalue weighted by Gasteiger charge is -2.14. The third kappa shape index (κ3) is 4.62. The molecule has 0 spiro atoms. The van der Waals surface area contributed by atoms with Crippen molar-refractivity contribution in [3.8, 4) is 0 Å². The fourth-order valence-corrected chi connectivity index (χ4v) is 3.21. The standard InChI is InChI=1S/C20H31N5/c1-7-18-17(19(8-2)25(6)24-18)13-23-20(21-5)22-12-16-10-9-14(3)11-15(16)4/h9-11H,7-8,12-13H2,1-6H3,(H2,21,22,23). The summed E-state index contributed by atoms with van der Waals surface area (Å²) in [5, 5.41) is 11.5. The van der Waals surface area contributed by atoms with Gasteiger partial charge in [0, 0.05) is 38.4 Å². The van der Waals surface area contributed by atoms with E-state index in [1.165, 1.54) is 27.9 Å². The van der Waals surface area contributed by atoms with Crippen molar-refractivity contribution in [3.63, 3.8) is 0 Å². The molecule has 0 aliphatic carbocycles. The normalized spacial score (nSPS) is 11.7. The van der Waals surface area contributed by atoms with Crippen molar-refractivity contribution in [2.45, 2.75) is 53.6 Å². The molecule has 2 aromatic rings. The average molecular weight is 342 g/mol. The molecule has 2 N–H and O–H groups in total. The van der Waals surface area contributed by atoms with Crippen LogP contribution in [0.3, 0.4) is 0 Å². The molecule has 1 heterocycles. The number of hydrogen-bond acceptors (Lipinski definition) is 2. The van der Waals surface area contributed by atoms with Crippen LogP contribution in [0.2, 0.25) is 0 Å². The molecular formula is C20H31N5. The van der Waals surface area contributed by atoms with E-state index < -0.39 is 0 Å². The topological polar surface area (TPSA) is 54.2 Å². The van der Waals surface area contributed by atoms with E-state index in [1.807, 2.05) is 18.8 Å². The molecule has 1 aromatic heterocycles. The summed E-state index contributed by atoms with van der Waals surface area (Å²) in [6.45, 7) is 10.1. The second kappa shape index (κ2) is 8.70. The van der Waals surface area contributed by atoms with E-state index in [9.17, 15) is 0 Å². The number of aromatic nitrogens is 2. The lowest BCUT2D eigenvalue weighted by atomic mass is 10.1. The van der Waals surface area contributed by atoms with E-state index in [-0.39, 0.29) is 0 Å². The summed E-state index contributed by atoms with van der Waals surface area (Å²) in [5.41, 5.74) is 7.63. The van der Waals surface area contributed by atoms with Gasteiger partial charge in [0.05, 0.1) is 5.69 Å². The van der Waals surface area contributed by atoms with Gasteiger partial charge in [-0.15, -0.1) is 0 Å². The Morgan fingerprint density at radius 1 is 1.12 bits per heavy atom. The van der Waals surface area contributed by atoms with Crippen molar-refractivity contribution >= 4 is 5.96 Å². The molecule has 25 heavy (non-hydrogen) atoms. The van der Waals surface area contributed by atoms with Crippen LogP contribution in [0, 0.1) is 13.8 Å². The Morgan fingerprint density at radius 2 is 1.84 bits per heavy atom. The first-order valence-corrected chi connectivity index (χ1v) is 9.04. The Balaban J connectivity index is 2.01. The van der Waals surface area contributed by atoms with Gasteiger partial charge in [-0.1, -0.05) is 37.6 Å². The molecule has 1 aromatic carbocycles. The number of rotatable bonds is 6. The zero-order valence-corrected chi connectivity index (χ0v) is 16.4. The first-order chi connectivity index (χ1) is 12.0. The zero-order chi connectivity index (χ0) is 18.4. The van der Waals surface area contributed by atoms with Crippen LogP contribution in [-0.2, 0) is 33.0 Å². The van der Waals surface area contributed by atoms with Gasteiger partial charge < -0.3 is 10.6 Å². The SMILES string of the molecule is CCc1nn(C)c(CC)c1CNC(=NC)NCc1ccc(C)cc1C. The quantitative estimate of drug-likeness (QED) is 0.627. The van der Waals surface area contributed by atoms with E-state index in [2.05, 4.69) is 66.6 Å². The number of aliphatic imine (C=N–C) groups is 1. The van der Waals surface area contributed by atoms with Crippen LogP contribution in [0.5, 0.6) is 0 Å². The Kier molecular flexibility index (Phi) is 6.62. The Hall–Kier alpha value is -2.30. The highest BCUT2D eigenvalue weighted by molar-refractivity contribution is 5.79. The molecule has 0 aliphatic heterocycles. The van der Waals surface area contributed by atoms with Gasteiger partial charge in [-0.25, -0.2) is 0 Å². The minimum absolute atomic E-state index is 0.743. The molecule has 5 nitrogen and oxygen atoms in total. The molecule has 0 unspecified atom stereocenters. The van der Waals surface area contributed by atoms with Crippen molar-refractivity contribution in [2.24, 2.45) is 12.0 Å². The maximum Gasteiger partial charge on any atom is 0.191 e. The van der Waals surface area contributed by atoms with Gasteiger partial charge in [-0.2, -0.15) is 5.10 Å². The summed E-state index contributed by atoms with van der Waals surface area (Å²) < 4.78 is 2.00. The van der Waals surface area contributed by atoms with Crippen LogP contribution in [-0.4, -0.2) is 22.8 Å². The van der Waals surface area contributed by atoms with Crippen molar-refractivity contribution in [2.75, 3.05) is 7.05 Å². The first-order valence-electron chi connectivity index (χ1n) is 9.04. The molecule has 0 saturated heterocycles. The molecule has 0 amide bonds. The summed E-state index contributed by atoms with van der Waals surface area (Å²) in [6.07, 6.45) is 1.93. The number of aryl methyl sites for hydroxylation is 4. The number of nitrogens with zero attached hydrogens (tertiary/aromatic N) is 3. The number of benzene rings is 1. The first kappa shape index (κ1) is 19.0. The monoisotopic (exact) mass is 341 g/mol. The lowest BCUT2D eigenvalue weighted by molar-refractivity contribution is 0.702.